The smallest absolute Gasteiger partial charge is 0.212 e. The van der Waals surface area contributed by atoms with Crippen LogP contribution in [0.25, 0.3) is 0 Å². The van der Waals surface area contributed by atoms with E-state index in [4.69, 9.17) is 4.74 Å². The first kappa shape index (κ1) is 17.0. The fraction of sp³-hybridized carbons (Fsp3) is 0.706. The molecule has 114 valence electrons. The van der Waals surface area contributed by atoms with Crippen LogP contribution >= 0.6 is 0 Å². The van der Waals surface area contributed by atoms with Gasteiger partial charge in [-0.25, -0.2) is 4.98 Å². The van der Waals surface area contributed by atoms with E-state index in [9.17, 15) is 0 Å². The molecule has 1 rings (SSSR count). The minimum Gasteiger partial charge on any atom is -0.481 e. The predicted octanol–water partition coefficient (Wildman–Crippen LogP) is 3.83. The number of hydrogen-bond donors (Lipinski definition) is 1. The zero-order chi connectivity index (χ0) is 14.8. The molecule has 0 spiro atoms. The maximum Gasteiger partial charge on any atom is 0.212 e. The lowest BCUT2D eigenvalue weighted by Gasteiger charge is -2.19. The summed E-state index contributed by atoms with van der Waals surface area (Å²) in [7, 11) is 1.65. The Labute approximate surface area is 124 Å². The van der Waals surface area contributed by atoms with Gasteiger partial charge in [-0.3, -0.25) is 0 Å². The first-order valence-corrected chi connectivity index (χ1v) is 7.88. The molecule has 0 radical (unpaired) electrons. The minimum atomic E-state index is 0.559. The Hall–Kier alpha value is -1.09. The van der Waals surface area contributed by atoms with Crippen LogP contribution in [0, 0.1) is 5.92 Å². The van der Waals surface area contributed by atoms with Gasteiger partial charge in [0.15, 0.2) is 0 Å². The van der Waals surface area contributed by atoms with E-state index in [-0.39, 0.29) is 0 Å². The number of nitrogens with zero attached hydrogens (tertiary/aromatic N) is 1. The Balaban J connectivity index is 2.48. The minimum absolute atomic E-state index is 0.559. The third-order valence-corrected chi connectivity index (χ3v) is 3.51. The molecule has 0 saturated carbocycles. The van der Waals surface area contributed by atoms with Gasteiger partial charge in [0.25, 0.3) is 0 Å². The van der Waals surface area contributed by atoms with Crippen molar-refractivity contribution in [3.8, 4) is 5.88 Å². The summed E-state index contributed by atoms with van der Waals surface area (Å²) in [6.45, 7) is 7.90. The predicted molar refractivity (Wildman–Crippen MR) is 85.3 cm³/mol. The zero-order valence-corrected chi connectivity index (χ0v) is 13.5. The Bertz CT molecular complexity index is 349. The molecular weight excluding hydrogens is 248 g/mol. The maximum absolute atomic E-state index is 5.10. The molecule has 20 heavy (non-hydrogen) atoms. The Kier molecular flexibility index (Phi) is 8.28. The van der Waals surface area contributed by atoms with Gasteiger partial charge >= 0.3 is 0 Å². The fourth-order valence-corrected chi connectivity index (χ4v) is 2.33. The zero-order valence-electron chi connectivity index (χ0n) is 13.5. The highest BCUT2D eigenvalue weighted by molar-refractivity contribution is 5.18. The van der Waals surface area contributed by atoms with Gasteiger partial charge in [-0.1, -0.05) is 39.7 Å². The molecule has 3 nitrogen and oxygen atoms in total. The van der Waals surface area contributed by atoms with Crippen LogP contribution < -0.4 is 10.1 Å². The third kappa shape index (κ3) is 6.90. The lowest BCUT2D eigenvalue weighted by Crippen LogP contribution is -2.31. The van der Waals surface area contributed by atoms with Crippen molar-refractivity contribution in [3.63, 3.8) is 0 Å². The summed E-state index contributed by atoms with van der Waals surface area (Å²) in [5.74, 6) is 1.48. The molecule has 1 unspecified atom stereocenters. The van der Waals surface area contributed by atoms with Gasteiger partial charge in [-0.05, 0) is 37.3 Å². The Morgan fingerprint density at radius 1 is 1.25 bits per heavy atom. The average molecular weight is 278 g/mol. The standard InChI is InChI=1S/C17H30N2O/c1-5-11-18-16(8-6-7-14(2)3)12-15-9-10-17(20-4)19-13-15/h9-10,13-14,16,18H,5-8,11-12H2,1-4H3. The van der Waals surface area contributed by atoms with Crippen molar-refractivity contribution >= 4 is 0 Å². The summed E-state index contributed by atoms with van der Waals surface area (Å²) in [6, 6.07) is 4.62. The maximum atomic E-state index is 5.10. The molecule has 0 amide bonds. The van der Waals surface area contributed by atoms with E-state index >= 15 is 0 Å². The second kappa shape index (κ2) is 9.76. The largest absolute Gasteiger partial charge is 0.481 e. The lowest BCUT2D eigenvalue weighted by molar-refractivity contribution is 0.396. The van der Waals surface area contributed by atoms with Gasteiger partial charge < -0.3 is 10.1 Å². The Morgan fingerprint density at radius 3 is 2.60 bits per heavy atom. The highest BCUT2D eigenvalue weighted by Crippen LogP contribution is 2.13. The highest BCUT2D eigenvalue weighted by atomic mass is 16.5. The van der Waals surface area contributed by atoms with Crippen molar-refractivity contribution in [2.45, 2.75) is 58.9 Å². The molecule has 1 N–H and O–H groups in total. The van der Waals surface area contributed by atoms with Crippen LogP contribution in [0.4, 0.5) is 0 Å². The molecule has 0 bridgehead atoms. The summed E-state index contributed by atoms with van der Waals surface area (Å²) in [5.41, 5.74) is 1.28. The van der Waals surface area contributed by atoms with Gasteiger partial charge in [0.1, 0.15) is 0 Å². The van der Waals surface area contributed by atoms with E-state index < -0.39 is 0 Å². The molecule has 1 aromatic heterocycles. The topological polar surface area (TPSA) is 34.1 Å². The Morgan fingerprint density at radius 2 is 2.05 bits per heavy atom. The molecule has 0 aromatic carbocycles. The number of pyridine rings is 1. The van der Waals surface area contributed by atoms with Gasteiger partial charge in [-0.15, -0.1) is 0 Å². The molecule has 1 aromatic rings. The molecule has 0 saturated heterocycles. The average Bonchev–Trinajstić information content (AvgIpc) is 2.45. The summed E-state index contributed by atoms with van der Waals surface area (Å²) in [4.78, 5) is 4.29. The molecule has 0 aliphatic rings. The van der Waals surface area contributed by atoms with Crippen molar-refractivity contribution < 1.29 is 4.74 Å². The number of nitrogens with one attached hydrogen (secondary N) is 1. The molecule has 0 aliphatic heterocycles. The van der Waals surface area contributed by atoms with Gasteiger partial charge in [-0.2, -0.15) is 0 Å². The number of ether oxygens (including phenoxy) is 1. The second-order valence-electron chi connectivity index (χ2n) is 5.89. The monoisotopic (exact) mass is 278 g/mol. The molecule has 1 atom stereocenters. The van der Waals surface area contributed by atoms with Crippen LogP contribution in [-0.2, 0) is 6.42 Å². The van der Waals surface area contributed by atoms with E-state index in [1.165, 1.54) is 31.2 Å². The van der Waals surface area contributed by atoms with E-state index in [1.807, 2.05) is 12.3 Å². The number of methoxy groups -OCH3 is 1. The van der Waals surface area contributed by atoms with E-state index in [0.29, 0.717) is 11.9 Å². The highest BCUT2D eigenvalue weighted by Gasteiger charge is 2.09. The van der Waals surface area contributed by atoms with Crippen molar-refractivity contribution in [2.75, 3.05) is 13.7 Å². The summed E-state index contributed by atoms with van der Waals surface area (Å²) >= 11 is 0. The first-order valence-electron chi connectivity index (χ1n) is 7.88. The van der Waals surface area contributed by atoms with E-state index in [1.54, 1.807) is 7.11 Å². The van der Waals surface area contributed by atoms with E-state index in [0.717, 1.165) is 18.9 Å². The van der Waals surface area contributed by atoms with Crippen molar-refractivity contribution in [2.24, 2.45) is 5.92 Å². The molecule has 3 heteroatoms. The first-order chi connectivity index (χ1) is 9.65. The van der Waals surface area contributed by atoms with Crippen LogP contribution in [0.1, 0.15) is 52.0 Å². The van der Waals surface area contributed by atoms with Crippen LogP contribution in [0.3, 0.4) is 0 Å². The molecule has 0 fully saturated rings. The number of hydrogen-bond acceptors (Lipinski definition) is 3. The van der Waals surface area contributed by atoms with Crippen LogP contribution in [0.15, 0.2) is 18.3 Å². The summed E-state index contributed by atoms with van der Waals surface area (Å²) in [6.07, 6.45) is 8.01. The lowest BCUT2D eigenvalue weighted by atomic mass is 9.99. The van der Waals surface area contributed by atoms with E-state index in [2.05, 4.69) is 37.1 Å². The molecule has 1 heterocycles. The second-order valence-corrected chi connectivity index (χ2v) is 5.89. The molecular formula is C17H30N2O. The number of aromatic nitrogens is 1. The van der Waals surface area contributed by atoms with Crippen molar-refractivity contribution in [1.29, 1.82) is 0 Å². The quantitative estimate of drug-likeness (QED) is 0.706. The summed E-state index contributed by atoms with van der Waals surface area (Å²) < 4.78 is 5.10. The summed E-state index contributed by atoms with van der Waals surface area (Å²) in [5, 5.41) is 3.66. The fourth-order valence-electron chi connectivity index (χ4n) is 2.33. The van der Waals surface area contributed by atoms with Gasteiger partial charge in [0, 0.05) is 18.3 Å². The van der Waals surface area contributed by atoms with Crippen molar-refractivity contribution in [3.05, 3.63) is 23.9 Å². The SMILES string of the molecule is CCCNC(CCCC(C)C)Cc1ccc(OC)nc1. The van der Waals surface area contributed by atoms with Gasteiger partial charge in [0.05, 0.1) is 7.11 Å². The van der Waals surface area contributed by atoms with Crippen LogP contribution in [0.2, 0.25) is 0 Å². The molecule has 0 aliphatic carbocycles. The normalized spacial score (nSPS) is 12.7. The number of rotatable bonds is 10. The van der Waals surface area contributed by atoms with Crippen LogP contribution in [0.5, 0.6) is 5.88 Å². The van der Waals surface area contributed by atoms with Crippen molar-refractivity contribution in [1.82, 2.24) is 10.3 Å². The van der Waals surface area contributed by atoms with Crippen LogP contribution in [-0.4, -0.2) is 24.7 Å². The van der Waals surface area contributed by atoms with Gasteiger partial charge in [0.2, 0.25) is 5.88 Å². The third-order valence-electron chi connectivity index (χ3n) is 3.51.